The van der Waals surface area contributed by atoms with E-state index >= 15 is 0 Å². The van der Waals surface area contributed by atoms with E-state index in [0.29, 0.717) is 25.4 Å². The summed E-state index contributed by atoms with van der Waals surface area (Å²) in [4.78, 5) is 16.3. The first-order chi connectivity index (χ1) is 14.6. The highest BCUT2D eigenvalue weighted by atomic mass is 19.1. The molecule has 6 nitrogen and oxygen atoms in total. The molecule has 0 saturated carbocycles. The van der Waals surface area contributed by atoms with E-state index in [-0.39, 0.29) is 11.8 Å². The number of carbonyl (C=O) groups excluding carboxylic acids is 1. The smallest absolute Gasteiger partial charge is 0.317 e. The molecule has 1 N–H and O–H groups in total. The van der Waals surface area contributed by atoms with Crippen molar-refractivity contribution >= 4 is 11.7 Å². The van der Waals surface area contributed by atoms with Crippen LogP contribution < -0.4 is 15.0 Å². The number of hydrogen-bond acceptors (Lipinski definition) is 4. The summed E-state index contributed by atoms with van der Waals surface area (Å²) in [6, 6.07) is 14.2. The Morgan fingerprint density at radius 3 is 2.50 bits per heavy atom. The van der Waals surface area contributed by atoms with Gasteiger partial charge in [-0.25, -0.2) is 9.18 Å². The van der Waals surface area contributed by atoms with Crippen LogP contribution in [0, 0.1) is 5.82 Å². The predicted octanol–water partition coefficient (Wildman–Crippen LogP) is 3.66. The third-order valence-electron chi connectivity index (χ3n) is 5.01. The molecule has 1 heterocycles. The molecular formula is C23H30FN3O3. The molecule has 0 atom stereocenters. The third-order valence-corrected chi connectivity index (χ3v) is 5.01. The van der Waals surface area contributed by atoms with Crippen molar-refractivity contribution in [2.75, 3.05) is 51.4 Å². The lowest BCUT2D eigenvalue weighted by atomic mass is 10.2. The molecule has 0 bridgehead atoms. The van der Waals surface area contributed by atoms with Gasteiger partial charge in [0.1, 0.15) is 11.6 Å². The van der Waals surface area contributed by atoms with Crippen molar-refractivity contribution in [2.45, 2.75) is 19.4 Å². The van der Waals surface area contributed by atoms with Gasteiger partial charge in [0.15, 0.2) is 0 Å². The Bertz CT molecular complexity index is 777. The van der Waals surface area contributed by atoms with E-state index in [1.54, 1.807) is 24.1 Å². The molecule has 1 aliphatic rings. The summed E-state index contributed by atoms with van der Waals surface area (Å²) in [7, 11) is 1.79. The van der Waals surface area contributed by atoms with Crippen LogP contribution in [0.25, 0.3) is 0 Å². The van der Waals surface area contributed by atoms with Crippen molar-refractivity contribution in [1.29, 1.82) is 0 Å². The third kappa shape index (κ3) is 6.91. The van der Waals surface area contributed by atoms with E-state index in [1.165, 1.54) is 17.8 Å². The van der Waals surface area contributed by atoms with Gasteiger partial charge in [0, 0.05) is 38.9 Å². The zero-order valence-corrected chi connectivity index (χ0v) is 17.5. The van der Waals surface area contributed by atoms with Gasteiger partial charge in [-0.3, -0.25) is 0 Å². The van der Waals surface area contributed by atoms with Crippen molar-refractivity contribution in [1.82, 2.24) is 10.2 Å². The van der Waals surface area contributed by atoms with Gasteiger partial charge < -0.3 is 24.6 Å². The van der Waals surface area contributed by atoms with Crippen LogP contribution >= 0.6 is 0 Å². The zero-order chi connectivity index (χ0) is 21.2. The molecule has 2 amide bonds. The number of nitrogens with one attached hydrogen (secondary N) is 1. The molecule has 0 spiro atoms. The Hall–Kier alpha value is -2.80. The lowest BCUT2D eigenvalue weighted by molar-refractivity contribution is 0.122. The van der Waals surface area contributed by atoms with Gasteiger partial charge in [-0.1, -0.05) is 12.1 Å². The Balaban J connectivity index is 1.31. The van der Waals surface area contributed by atoms with Crippen molar-refractivity contribution in [3.63, 3.8) is 0 Å². The molecular weight excluding hydrogens is 385 g/mol. The molecule has 0 aromatic heterocycles. The fourth-order valence-corrected chi connectivity index (χ4v) is 3.26. The SMILES string of the molecule is CN(Cc1ccc(N2CCOCC2)cc1)C(=O)NCCCCOc1ccc(F)cc1. The second kappa shape index (κ2) is 11.4. The maximum Gasteiger partial charge on any atom is 0.317 e. The molecule has 1 saturated heterocycles. The first-order valence-electron chi connectivity index (χ1n) is 10.4. The average Bonchev–Trinajstić information content (AvgIpc) is 2.78. The molecule has 2 aromatic carbocycles. The largest absolute Gasteiger partial charge is 0.494 e. The highest BCUT2D eigenvalue weighted by Gasteiger charge is 2.12. The van der Waals surface area contributed by atoms with E-state index in [1.807, 2.05) is 0 Å². The first-order valence-corrected chi connectivity index (χ1v) is 10.4. The summed E-state index contributed by atoms with van der Waals surface area (Å²) in [5.74, 6) is 0.377. The molecule has 0 aliphatic carbocycles. The summed E-state index contributed by atoms with van der Waals surface area (Å²) in [5, 5.41) is 2.93. The summed E-state index contributed by atoms with van der Waals surface area (Å²) in [5.41, 5.74) is 2.29. The summed E-state index contributed by atoms with van der Waals surface area (Å²) in [6.07, 6.45) is 1.62. The number of morpholine rings is 1. The van der Waals surface area contributed by atoms with E-state index < -0.39 is 0 Å². The van der Waals surface area contributed by atoms with Crippen LogP contribution in [0.2, 0.25) is 0 Å². The molecule has 30 heavy (non-hydrogen) atoms. The summed E-state index contributed by atoms with van der Waals surface area (Å²) in [6.45, 7) is 5.04. The van der Waals surface area contributed by atoms with Crippen molar-refractivity contribution in [3.05, 3.63) is 59.9 Å². The van der Waals surface area contributed by atoms with Gasteiger partial charge in [-0.2, -0.15) is 0 Å². The zero-order valence-electron chi connectivity index (χ0n) is 17.5. The molecule has 0 radical (unpaired) electrons. The number of unbranched alkanes of at least 4 members (excludes halogenated alkanes) is 1. The Morgan fingerprint density at radius 2 is 1.80 bits per heavy atom. The minimum Gasteiger partial charge on any atom is -0.494 e. The standard InChI is InChI=1S/C23H30FN3O3/c1-26(18-19-4-8-21(9-5-19)27-13-16-29-17-14-27)23(28)25-12-2-3-15-30-22-10-6-20(24)7-11-22/h4-11H,2-3,12-18H2,1H3,(H,25,28). The molecule has 3 rings (SSSR count). The number of halogens is 1. The minimum absolute atomic E-state index is 0.0910. The second-order valence-corrected chi connectivity index (χ2v) is 7.36. The maximum absolute atomic E-state index is 12.8. The Morgan fingerprint density at radius 1 is 1.10 bits per heavy atom. The van der Waals surface area contributed by atoms with Crippen molar-refractivity contribution in [3.8, 4) is 5.75 Å². The van der Waals surface area contributed by atoms with Crippen LogP contribution in [-0.2, 0) is 11.3 Å². The molecule has 7 heteroatoms. The Kier molecular flexibility index (Phi) is 8.32. The van der Waals surface area contributed by atoms with Gasteiger partial charge >= 0.3 is 6.03 Å². The van der Waals surface area contributed by atoms with Gasteiger partial charge in [-0.15, -0.1) is 0 Å². The number of carbonyl (C=O) groups is 1. The van der Waals surface area contributed by atoms with Crippen LogP contribution in [0.4, 0.5) is 14.9 Å². The van der Waals surface area contributed by atoms with Crippen LogP contribution in [0.3, 0.4) is 0 Å². The number of benzene rings is 2. The van der Waals surface area contributed by atoms with Crippen LogP contribution in [-0.4, -0.2) is 57.4 Å². The van der Waals surface area contributed by atoms with Crippen LogP contribution in [0.1, 0.15) is 18.4 Å². The molecule has 1 aliphatic heterocycles. The van der Waals surface area contributed by atoms with E-state index in [9.17, 15) is 9.18 Å². The number of anilines is 1. The monoisotopic (exact) mass is 415 g/mol. The number of amides is 2. The van der Waals surface area contributed by atoms with Crippen LogP contribution in [0.15, 0.2) is 48.5 Å². The summed E-state index contributed by atoms with van der Waals surface area (Å²) < 4.78 is 23.8. The molecule has 1 fully saturated rings. The lowest BCUT2D eigenvalue weighted by Crippen LogP contribution is -2.37. The fraction of sp³-hybridized carbons (Fsp3) is 0.435. The van der Waals surface area contributed by atoms with Crippen molar-refractivity contribution < 1.29 is 18.7 Å². The number of ether oxygens (including phenoxy) is 2. The van der Waals surface area contributed by atoms with Crippen molar-refractivity contribution in [2.24, 2.45) is 0 Å². The second-order valence-electron chi connectivity index (χ2n) is 7.36. The van der Waals surface area contributed by atoms with Crippen LogP contribution in [0.5, 0.6) is 5.75 Å². The number of rotatable bonds is 9. The van der Waals surface area contributed by atoms with Gasteiger partial charge in [0.2, 0.25) is 0 Å². The molecule has 0 unspecified atom stereocenters. The Labute approximate surface area is 177 Å². The number of hydrogen-bond donors (Lipinski definition) is 1. The maximum atomic E-state index is 12.8. The first kappa shape index (κ1) is 21.9. The normalized spacial score (nSPS) is 13.7. The summed E-state index contributed by atoms with van der Waals surface area (Å²) >= 11 is 0. The quantitative estimate of drug-likeness (QED) is 0.635. The van der Waals surface area contributed by atoms with E-state index in [2.05, 4.69) is 34.5 Å². The molecule has 2 aromatic rings. The van der Waals surface area contributed by atoms with E-state index in [4.69, 9.17) is 9.47 Å². The fourth-order valence-electron chi connectivity index (χ4n) is 3.26. The minimum atomic E-state index is -0.276. The van der Waals surface area contributed by atoms with Gasteiger partial charge in [-0.05, 0) is 54.8 Å². The lowest BCUT2D eigenvalue weighted by Gasteiger charge is -2.29. The highest BCUT2D eigenvalue weighted by molar-refractivity contribution is 5.73. The topological polar surface area (TPSA) is 54.0 Å². The number of urea groups is 1. The van der Waals surface area contributed by atoms with Gasteiger partial charge in [0.25, 0.3) is 0 Å². The predicted molar refractivity (Wildman–Crippen MR) is 115 cm³/mol. The highest BCUT2D eigenvalue weighted by Crippen LogP contribution is 2.17. The van der Waals surface area contributed by atoms with Gasteiger partial charge in [0.05, 0.1) is 19.8 Å². The number of nitrogens with zero attached hydrogens (tertiary/aromatic N) is 2. The average molecular weight is 416 g/mol. The van der Waals surface area contributed by atoms with E-state index in [0.717, 1.165) is 44.7 Å². The molecule has 162 valence electrons.